The number of benzene rings is 1. The van der Waals surface area contributed by atoms with E-state index in [4.69, 9.17) is 0 Å². The average molecular weight is 354 g/mol. The Labute approximate surface area is 147 Å². The van der Waals surface area contributed by atoms with Crippen molar-refractivity contribution in [1.82, 2.24) is 19.5 Å². The Hall–Kier alpha value is -3.22. The number of hydrogen-bond donors (Lipinski definition) is 0. The first-order valence-corrected chi connectivity index (χ1v) is 7.87. The Morgan fingerprint density at radius 3 is 2.54 bits per heavy atom. The molecule has 130 valence electrons. The van der Waals surface area contributed by atoms with E-state index < -0.39 is 11.9 Å². The van der Waals surface area contributed by atoms with Gasteiger partial charge in [0, 0.05) is 23.5 Å². The van der Waals surface area contributed by atoms with E-state index in [9.17, 15) is 13.2 Å². The van der Waals surface area contributed by atoms with Crippen LogP contribution in [-0.4, -0.2) is 19.5 Å². The summed E-state index contributed by atoms with van der Waals surface area (Å²) in [6, 6.07) is 11.3. The monoisotopic (exact) mass is 354 g/mol. The first-order valence-electron chi connectivity index (χ1n) is 7.87. The van der Waals surface area contributed by atoms with Crippen LogP contribution in [0.25, 0.3) is 28.0 Å². The summed E-state index contributed by atoms with van der Waals surface area (Å²) >= 11 is 0. The number of alkyl halides is 3. The highest BCUT2D eigenvalue weighted by Crippen LogP contribution is 2.31. The maximum atomic E-state index is 13.0. The van der Waals surface area contributed by atoms with Gasteiger partial charge in [0.05, 0.1) is 11.0 Å². The second-order valence-corrected chi connectivity index (χ2v) is 5.86. The lowest BCUT2D eigenvalue weighted by molar-refractivity contribution is -0.141. The molecule has 0 spiro atoms. The molecule has 7 heteroatoms. The van der Waals surface area contributed by atoms with Crippen LogP contribution in [-0.2, 0) is 6.18 Å². The molecule has 0 amide bonds. The second kappa shape index (κ2) is 5.94. The molecule has 0 aliphatic heterocycles. The molecule has 0 saturated heterocycles. The highest BCUT2D eigenvalue weighted by molar-refractivity contribution is 5.93. The van der Waals surface area contributed by atoms with Crippen LogP contribution in [0.15, 0.2) is 61.2 Å². The van der Waals surface area contributed by atoms with Gasteiger partial charge in [-0.1, -0.05) is 18.2 Å². The quantitative estimate of drug-likeness (QED) is 0.519. The Bertz CT molecular complexity index is 1100. The molecule has 4 aromatic rings. The van der Waals surface area contributed by atoms with Gasteiger partial charge in [0.1, 0.15) is 17.8 Å². The van der Waals surface area contributed by atoms with Crippen LogP contribution in [0.3, 0.4) is 0 Å². The van der Waals surface area contributed by atoms with E-state index >= 15 is 0 Å². The summed E-state index contributed by atoms with van der Waals surface area (Å²) in [6.45, 7) is 1.97. The van der Waals surface area contributed by atoms with E-state index in [0.717, 1.165) is 22.8 Å². The number of aromatic nitrogens is 4. The molecular weight excluding hydrogens is 341 g/mol. The minimum absolute atomic E-state index is 0.169. The molecule has 3 aromatic heterocycles. The normalized spacial score (nSPS) is 11.8. The number of pyridine rings is 2. The number of rotatable bonds is 2. The molecule has 3 heterocycles. The fourth-order valence-electron chi connectivity index (χ4n) is 2.90. The molecule has 0 atom stereocenters. The van der Waals surface area contributed by atoms with Gasteiger partial charge in [-0.15, -0.1) is 0 Å². The summed E-state index contributed by atoms with van der Waals surface area (Å²) < 4.78 is 40.4. The standard InChI is InChI=1S/C19H13F3N4/c1-12-8-9-23-10-14(12)13-4-2-5-15-18(13)24-11-26(15)17-7-3-6-16(25-17)19(20,21)22/h2-11H,1H3. The summed E-state index contributed by atoms with van der Waals surface area (Å²) in [5.74, 6) is 0.169. The highest BCUT2D eigenvalue weighted by atomic mass is 19.4. The van der Waals surface area contributed by atoms with Gasteiger partial charge >= 0.3 is 6.18 Å². The summed E-state index contributed by atoms with van der Waals surface area (Å²) in [4.78, 5) is 12.3. The Morgan fingerprint density at radius 1 is 0.962 bits per heavy atom. The van der Waals surface area contributed by atoms with Gasteiger partial charge in [-0.25, -0.2) is 9.97 Å². The molecule has 0 fully saturated rings. The minimum Gasteiger partial charge on any atom is -0.283 e. The predicted octanol–water partition coefficient (Wildman–Crippen LogP) is 4.81. The van der Waals surface area contributed by atoms with Crippen molar-refractivity contribution in [2.75, 3.05) is 0 Å². The third-order valence-corrected chi connectivity index (χ3v) is 4.18. The predicted molar refractivity (Wildman–Crippen MR) is 91.8 cm³/mol. The summed E-state index contributed by atoms with van der Waals surface area (Å²) in [5, 5.41) is 0. The first kappa shape index (κ1) is 16.3. The number of fused-ring (bicyclic) bond motifs is 1. The molecule has 1 aromatic carbocycles. The molecule has 0 bridgehead atoms. The number of hydrogen-bond acceptors (Lipinski definition) is 3. The van der Waals surface area contributed by atoms with Crippen molar-refractivity contribution in [2.24, 2.45) is 0 Å². The maximum absolute atomic E-state index is 13.0. The van der Waals surface area contributed by atoms with Crippen molar-refractivity contribution < 1.29 is 13.2 Å². The average Bonchev–Trinajstić information content (AvgIpc) is 3.06. The van der Waals surface area contributed by atoms with Crippen molar-refractivity contribution in [3.8, 4) is 16.9 Å². The SMILES string of the molecule is Cc1ccncc1-c1cccc2c1ncn2-c1cccc(C(F)(F)F)n1. The fraction of sp³-hybridized carbons (Fsp3) is 0.105. The van der Waals surface area contributed by atoms with E-state index in [1.54, 1.807) is 23.0 Å². The lowest BCUT2D eigenvalue weighted by Crippen LogP contribution is -2.09. The van der Waals surface area contributed by atoms with Gasteiger partial charge in [0.25, 0.3) is 0 Å². The summed E-state index contributed by atoms with van der Waals surface area (Å²) in [5.41, 5.74) is 3.27. The number of nitrogens with zero attached hydrogens (tertiary/aromatic N) is 4. The molecule has 4 rings (SSSR count). The zero-order valence-corrected chi connectivity index (χ0v) is 13.7. The van der Waals surface area contributed by atoms with Crippen LogP contribution in [0.5, 0.6) is 0 Å². The Balaban J connectivity index is 1.90. The number of para-hydroxylation sites is 1. The van der Waals surface area contributed by atoms with E-state index in [-0.39, 0.29) is 5.82 Å². The Kier molecular flexibility index (Phi) is 3.72. The van der Waals surface area contributed by atoms with Crippen LogP contribution in [0.2, 0.25) is 0 Å². The van der Waals surface area contributed by atoms with Crippen LogP contribution in [0.1, 0.15) is 11.3 Å². The first-order chi connectivity index (χ1) is 12.4. The van der Waals surface area contributed by atoms with Gasteiger partial charge < -0.3 is 0 Å². The second-order valence-electron chi connectivity index (χ2n) is 5.86. The van der Waals surface area contributed by atoms with Gasteiger partial charge in [-0.3, -0.25) is 9.55 Å². The van der Waals surface area contributed by atoms with E-state index in [1.165, 1.54) is 18.5 Å². The van der Waals surface area contributed by atoms with Gasteiger partial charge in [0.15, 0.2) is 0 Å². The molecular formula is C19H13F3N4. The van der Waals surface area contributed by atoms with Crippen molar-refractivity contribution in [3.05, 3.63) is 72.4 Å². The van der Waals surface area contributed by atoms with Crippen LogP contribution < -0.4 is 0 Å². The van der Waals surface area contributed by atoms with Gasteiger partial charge in [-0.2, -0.15) is 13.2 Å². The molecule has 26 heavy (non-hydrogen) atoms. The fourth-order valence-corrected chi connectivity index (χ4v) is 2.90. The zero-order chi connectivity index (χ0) is 18.3. The minimum atomic E-state index is -4.50. The highest BCUT2D eigenvalue weighted by Gasteiger charge is 2.32. The Morgan fingerprint density at radius 2 is 1.77 bits per heavy atom. The van der Waals surface area contributed by atoms with E-state index in [2.05, 4.69) is 15.0 Å². The molecule has 4 nitrogen and oxygen atoms in total. The molecule has 0 aliphatic rings. The van der Waals surface area contributed by atoms with E-state index in [1.807, 2.05) is 25.1 Å². The molecule has 0 saturated carbocycles. The lowest BCUT2D eigenvalue weighted by Gasteiger charge is -2.09. The molecule has 0 aliphatic carbocycles. The lowest BCUT2D eigenvalue weighted by atomic mass is 10.0. The third kappa shape index (κ3) is 2.71. The summed E-state index contributed by atoms with van der Waals surface area (Å²) in [6.07, 6.45) is 0.461. The summed E-state index contributed by atoms with van der Waals surface area (Å²) in [7, 11) is 0. The molecule has 0 N–H and O–H groups in total. The van der Waals surface area contributed by atoms with Crippen molar-refractivity contribution in [2.45, 2.75) is 13.1 Å². The van der Waals surface area contributed by atoms with Crippen LogP contribution in [0, 0.1) is 6.92 Å². The van der Waals surface area contributed by atoms with Gasteiger partial charge in [-0.05, 0) is 36.8 Å². The van der Waals surface area contributed by atoms with Crippen LogP contribution in [0.4, 0.5) is 13.2 Å². The smallest absolute Gasteiger partial charge is 0.283 e. The van der Waals surface area contributed by atoms with Crippen molar-refractivity contribution in [1.29, 1.82) is 0 Å². The number of halogens is 3. The van der Waals surface area contributed by atoms with Crippen LogP contribution >= 0.6 is 0 Å². The largest absolute Gasteiger partial charge is 0.433 e. The number of aryl methyl sites for hydroxylation is 1. The number of imidazole rings is 1. The topological polar surface area (TPSA) is 43.6 Å². The van der Waals surface area contributed by atoms with E-state index in [0.29, 0.717) is 11.0 Å². The van der Waals surface area contributed by atoms with Gasteiger partial charge in [0.2, 0.25) is 0 Å². The van der Waals surface area contributed by atoms with Crippen molar-refractivity contribution >= 4 is 11.0 Å². The van der Waals surface area contributed by atoms with Crippen molar-refractivity contribution in [3.63, 3.8) is 0 Å². The zero-order valence-electron chi connectivity index (χ0n) is 13.7. The molecule has 0 radical (unpaired) electrons. The maximum Gasteiger partial charge on any atom is 0.433 e. The molecule has 0 unspecified atom stereocenters. The third-order valence-electron chi connectivity index (χ3n) is 4.18.